The Morgan fingerprint density at radius 3 is 1.32 bits per heavy atom. The van der Waals surface area contributed by atoms with E-state index in [2.05, 4.69) is 61.4 Å². The number of carbonyl (C=O) groups is 4. The number of aryl methyl sites for hydroxylation is 4. The predicted octanol–water partition coefficient (Wildman–Crippen LogP) is 13.5. The largest absolute Gasteiger partial charge is 0.483 e. The molecule has 6 saturated carbocycles. The van der Waals surface area contributed by atoms with Crippen molar-refractivity contribution in [2.45, 2.75) is 213 Å². The van der Waals surface area contributed by atoms with Gasteiger partial charge in [-0.25, -0.2) is 42.6 Å². The Morgan fingerprint density at radius 2 is 0.921 bits per heavy atom. The van der Waals surface area contributed by atoms with Gasteiger partial charge >= 0.3 is 25.0 Å². The van der Waals surface area contributed by atoms with Crippen LogP contribution in [0.5, 0.6) is 23.0 Å². The van der Waals surface area contributed by atoms with Gasteiger partial charge in [0.1, 0.15) is 23.0 Å². The first kappa shape index (κ1) is 77.1. The fourth-order valence-electron chi connectivity index (χ4n) is 12.2. The van der Waals surface area contributed by atoms with Gasteiger partial charge in [-0.05, 0) is 219 Å². The molecule has 2 aromatic heterocycles. The Labute approximate surface area is 596 Å². The Bertz CT molecular complexity index is 4320. The number of pyridine rings is 2. The number of aromatic nitrogens is 2. The fraction of sp³-hybridized carbons (Fsp3) is 0.432. The third kappa shape index (κ3) is 20.8. The van der Waals surface area contributed by atoms with Gasteiger partial charge in [0.05, 0.1) is 4.47 Å². The van der Waals surface area contributed by atoms with Crippen molar-refractivity contribution in [3.8, 4) is 23.0 Å². The van der Waals surface area contributed by atoms with Gasteiger partial charge in [0.15, 0.2) is 15.7 Å². The summed E-state index contributed by atoms with van der Waals surface area (Å²) in [5.41, 5.74) is 5.58. The third-order valence-corrected chi connectivity index (χ3v) is 21.4. The molecule has 1 amide bonds. The molecular formula is C74H86BBrF2N4O17S2. The van der Waals surface area contributed by atoms with Gasteiger partial charge in [-0.3, -0.25) is 4.79 Å². The standard InChI is InChI=1S/C21H23FN2O4S.C16H20O3.C16H18O3.C11H11BrO3.C5H9BO2.C5H5FN2O2S/c1-14-9-10-16(15-5-2-3-6-15)17(13-14)28-21(11-12-21)20(25)24-29(26,27)19-8-4-7-18(22)23-19;2*1-11-6-7-13(12-4-2-3-5-12)14(10-11)19-16(8-9-16)15(17)18;1-7-2-3-8(12)9(6-7)15-11(4-5-11)10(13)14;7-6(8)5-3-1-2-4-5;6-4-2-1-3-5(8-4)11(7,9)10/h4,7-10,13,15H,2-3,5-6,11-12H2,1H3,(H,24,25);6-7,10,12H,2-5,8-9H2,1H3,(H,17,18);4,6-7,10H,2-3,5,8-9H2,1H3,(H,17,18);2-3,6H,4-5H2,1H3,(H,13,14);3,7-8H,1-2,4H2;1-3H,(H2,7,9,10). The average Bonchev–Trinajstić information content (AvgIpc) is 1.64. The van der Waals surface area contributed by atoms with E-state index in [0.717, 1.165) is 124 Å². The number of ether oxygens (including phenoxy) is 4. The molecule has 6 fully saturated rings. The maximum absolute atomic E-state index is 13.3. The minimum Gasteiger partial charge on any atom is -0.478 e. The number of hydrogen-bond donors (Lipinski definition) is 7. The number of carbonyl (C=O) groups excluding carboxylic acids is 1. The molecule has 6 aromatic rings. The van der Waals surface area contributed by atoms with Crippen molar-refractivity contribution in [1.29, 1.82) is 0 Å². The zero-order valence-corrected chi connectivity index (χ0v) is 60.1. The first-order chi connectivity index (χ1) is 47.8. The van der Waals surface area contributed by atoms with Crippen LogP contribution < -0.4 is 28.8 Å². The Morgan fingerprint density at radius 1 is 0.525 bits per heavy atom. The summed E-state index contributed by atoms with van der Waals surface area (Å²) in [6.45, 7) is 7.91. The molecule has 0 atom stereocenters. The molecule has 101 heavy (non-hydrogen) atoms. The highest BCUT2D eigenvalue weighted by Gasteiger charge is 2.57. The minimum absolute atomic E-state index is 0.393. The van der Waals surface area contributed by atoms with E-state index in [1.165, 1.54) is 68.2 Å². The van der Waals surface area contributed by atoms with Crippen LogP contribution in [0.15, 0.2) is 141 Å². The molecule has 21 nitrogen and oxygen atoms in total. The zero-order valence-electron chi connectivity index (χ0n) is 56.9. The maximum Gasteiger partial charge on any atom is 0.483 e. The van der Waals surface area contributed by atoms with Gasteiger partial charge in [-0.2, -0.15) is 17.2 Å². The first-order valence-corrected chi connectivity index (χ1v) is 37.8. The van der Waals surface area contributed by atoms with Crippen LogP contribution in [0.3, 0.4) is 0 Å². The summed E-state index contributed by atoms with van der Waals surface area (Å²) in [4.78, 5) is 52.7. The number of allylic oxidation sites excluding steroid dienone is 4. The number of nitrogens with two attached hydrogens (primary N) is 1. The van der Waals surface area contributed by atoms with Crippen LogP contribution in [0, 0.1) is 39.6 Å². The summed E-state index contributed by atoms with van der Waals surface area (Å²) >= 11 is 3.34. The summed E-state index contributed by atoms with van der Waals surface area (Å²) in [6, 6.07) is 30.7. The Hall–Kier alpha value is -8.08. The molecule has 8 N–H and O–H groups in total. The van der Waals surface area contributed by atoms with E-state index in [1.54, 1.807) is 0 Å². The monoisotopic (exact) mass is 1490 g/mol. The summed E-state index contributed by atoms with van der Waals surface area (Å²) < 4.78 is 97.7. The predicted molar refractivity (Wildman–Crippen MR) is 377 cm³/mol. The first-order valence-electron chi connectivity index (χ1n) is 34.0. The molecule has 0 saturated heterocycles. The van der Waals surface area contributed by atoms with Crippen molar-refractivity contribution >= 4 is 72.5 Å². The number of aliphatic carboxylic acids is 3. The molecule has 4 aromatic carbocycles. The Balaban J connectivity index is 0.000000147. The highest BCUT2D eigenvalue weighted by atomic mass is 79.9. The number of halogens is 3. The van der Waals surface area contributed by atoms with Gasteiger partial charge < -0.3 is 44.3 Å². The van der Waals surface area contributed by atoms with Crippen molar-refractivity contribution in [2.24, 2.45) is 5.14 Å². The molecule has 0 spiro atoms. The highest BCUT2D eigenvalue weighted by molar-refractivity contribution is 9.10. The van der Waals surface area contributed by atoms with E-state index in [-0.39, 0.29) is 0 Å². The van der Waals surface area contributed by atoms with E-state index >= 15 is 0 Å². The second-order valence-electron chi connectivity index (χ2n) is 27.0. The van der Waals surface area contributed by atoms with E-state index in [9.17, 15) is 55.0 Å². The molecule has 14 rings (SSSR count). The van der Waals surface area contributed by atoms with Gasteiger partial charge in [0, 0.05) is 56.9 Å². The molecular weight excluding hydrogens is 1410 g/mol. The van der Waals surface area contributed by atoms with Crippen LogP contribution in [0.4, 0.5) is 8.78 Å². The molecule has 0 bridgehead atoms. The number of sulfonamides is 2. The van der Waals surface area contributed by atoms with Gasteiger partial charge in [0.25, 0.3) is 26.0 Å². The van der Waals surface area contributed by atoms with Crippen LogP contribution in [0.2, 0.25) is 0 Å². The normalized spacial score (nSPS) is 18.3. The van der Waals surface area contributed by atoms with E-state index in [1.807, 2.05) is 87.0 Å². The highest BCUT2D eigenvalue weighted by Crippen LogP contribution is 2.49. The van der Waals surface area contributed by atoms with Crippen LogP contribution in [0.25, 0.3) is 5.57 Å². The lowest BCUT2D eigenvalue weighted by Gasteiger charge is -2.22. The molecule has 0 unspecified atom stereocenters. The molecule has 8 aliphatic rings. The van der Waals surface area contributed by atoms with Crippen molar-refractivity contribution in [1.82, 2.24) is 14.7 Å². The number of amides is 1. The second kappa shape index (κ2) is 32.9. The SMILES string of the molecule is Cc1ccc(Br)c(OC2(C(=O)O)CC2)c1.Cc1ccc(C2=CCCC2)c(OC2(C(=O)O)CC2)c1.Cc1ccc(C2CCCC2)c(OC2(C(=O)NS(=O)(=O)c3cccc(F)n3)CC2)c1.Cc1ccc(C2CCCC2)c(OC2(C(=O)O)CC2)c1.NS(=O)(=O)c1cccc(F)n1.OB(O)C1=CCCC1. The number of rotatable bonds is 19. The number of primary sulfonamides is 1. The van der Waals surface area contributed by atoms with Crippen molar-refractivity contribution < 1.29 is 89.1 Å². The molecule has 2 heterocycles. The lowest BCUT2D eigenvalue weighted by Crippen LogP contribution is -2.43. The number of benzene rings is 4. The number of nitrogens with one attached hydrogen (secondary N) is 1. The minimum atomic E-state index is -4.28. The van der Waals surface area contributed by atoms with Crippen LogP contribution in [0.1, 0.15) is 192 Å². The maximum atomic E-state index is 13.3. The number of nitrogens with zero attached hydrogens (tertiary/aromatic N) is 2. The van der Waals surface area contributed by atoms with E-state index < -0.39 is 95.3 Å². The lowest BCUT2D eigenvalue weighted by atomic mass is 9.79. The fourth-order valence-corrected chi connectivity index (χ4v) is 14.0. The van der Waals surface area contributed by atoms with Gasteiger partial charge in [-0.15, -0.1) is 0 Å². The van der Waals surface area contributed by atoms with Crippen molar-refractivity contribution in [2.75, 3.05) is 0 Å². The van der Waals surface area contributed by atoms with Crippen LogP contribution in [-0.2, 0) is 39.2 Å². The molecule has 0 aliphatic heterocycles. The van der Waals surface area contributed by atoms with Crippen molar-refractivity contribution in [3.63, 3.8) is 0 Å². The van der Waals surface area contributed by atoms with Gasteiger partial charge in [-0.1, -0.05) is 92.4 Å². The number of hydrogen-bond acceptors (Lipinski definition) is 16. The topological polar surface area (TPSA) is 338 Å². The van der Waals surface area contributed by atoms with Crippen LogP contribution >= 0.6 is 15.9 Å². The smallest absolute Gasteiger partial charge is 0.478 e. The number of carboxylic acids is 3. The summed E-state index contributed by atoms with van der Waals surface area (Å²) in [6.07, 6.45) is 24.3. The van der Waals surface area contributed by atoms with E-state index in [4.69, 9.17) is 34.1 Å². The van der Waals surface area contributed by atoms with Gasteiger partial charge in [0.2, 0.25) is 28.7 Å². The molecule has 27 heteroatoms. The number of carboxylic acid groups (broad SMARTS) is 3. The second-order valence-corrected chi connectivity index (χ2v) is 31.0. The summed E-state index contributed by atoms with van der Waals surface area (Å²) in [7, 11) is -9.36. The molecule has 540 valence electrons. The summed E-state index contributed by atoms with van der Waals surface area (Å²) in [5.74, 6) is -1.38. The van der Waals surface area contributed by atoms with Crippen LogP contribution in [-0.4, -0.2) is 106 Å². The lowest BCUT2D eigenvalue weighted by molar-refractivity contribution is -0.148. The van der Waals surface area contributed by atoms with Crippen molar-refractivity contribution in [3.05, 3.63) is 182 Å². The summed E-state index contributed by atoms with van der Waals surface area (Å²) in [5, 5.41) is 48.3. The zero-order chi connectivity index (χ0) is 73.1. The molecule has 8 aliphatic carbocycles. The third-order valence-electron chi connectivity index (χ3n) is 18.7. The Kier molecular flexibility index (Phi) is 25.1. The average molecular weight is 1500 g/mol. The quantitative estimate of drug-likeness (QED) is 0.0293. The molecule has 0 radical (unpaired) electrons. The van der Waals surface area contributed by atoms with E-state index in [0.29, 0.717) is 74.7 Å².